The molecule has 0 aromatic heterocycles. The van der Waals surface area contributed by atoms with E-state index in [2.05, 4.69) is 24.5 Å². The van der Waals surface area contributed by atoms with Crippen LogP contribution in [0.2, 0.25) is 0 Å². The van der Waals surface area contributed by atoms with Gasteiger partial charge in [-0.15, -0.1) is 0 Å². The topological polar surface area (TPSA) is 32.7 Å². The van der Waals surface area contributed by atoms with Crippen LogP contribution in [-0.4, -0.2) is 42.4 Å². The minimum Gasteiger partial charge on any atom is -0.491 e. The maximum Gasteiger partial charge on any atom is 0.122 e. The minimum atomic E-state index is -0.491. The number of aryl methyl sites for hydroxylation is 2. The Morgan fingerprint density at radius 2 is 2.10 bits per heavy atom. The molecule has 112 valence electrons. The van der Waals surface area contributed by atoms with Gasteiger partial charge in [-0.25, -0.2) is 0 Å². The lowest BCUT2D eigenvalue weighted by molar-refractivity contribution is 0.0726. The Morgan fingerprint density at radius 3 is 2.70 bits per heavy atom. The van der Waals surface area contributed by atoms with E-state index in [4.69, 9.17) is 4.74 Å². The molecule has 0 aliphatic carbocycles. The van der Waals surface area contributed by atoms with Gasteiger partial charge in [-0.05, 0) is 44.5 Å². The fraction of sp³-hybridized carbons (Fsp3) is 0.529. The number of likely N-dealkylation sites (N-methyl/N-ethyl adjacent to an activating group) is 1. The molecule has 0 saturated carbocycles. The van der Waals surface area contributed by atoms with E-state index >= 15 is 0 Å². The molecule has 3 heteroatoms. The van der Waals surface area contributed by atoms with Crippen molar-refractivity contribution in [3.8, 4) is 5.75 Å². The van der Waals surface area contributed by atoms with Crippen LogP contribution in [0.25, 0.3) is 0 Å². The van der Waals surface area contributed by atoms with Gasteiger partial charge in [0.1, 0.15) is 18.5 Å². The molecule has 0 amide bonds. The van der Waals surface area contributed by atoms with Gasteiger partial charge in [-0.1, -0.05) is 31.2 Å². The standard InChI is InChI=1S/C17H27NO2/c1-6-18(10-13(2)3)11-16(19)12-20-17-9-14(4)7-8-15(17)5/h7-9,16,19H,2,6,10-12H2,1,3-5H3. The highest BCUT2D eigenvalue weighted by molar-refractivity contribution is 5.35. The summed E-state index contributed by atoms with van der Waals surface area (Å²) in [6, 6.07) is 6.11. The molecular formula is C17H27NO2. The number of rotatable bonds is 8. The number of aliphatic hydroxyl groups excluding tert-OH is 1. The van der Waals surface area contributed by atoms with Gasteiger partial charge in [-0.2, -0.15) is 0 Å². The van der Waals surface area contributed by atoms with Crippen molar-refractivity contribution in [2.24, 2.45) is 0 Å². The molecule has 0 saturated heterocycles. The van der Waals surface area contributed by atoms with Gasteiger partial charge < -0.3 is 9.84 Å². The Hall–Kier alpha value is -1.32. The van der Waals surface area contributed by atoms with Crippen molar-refractivity contribution in [1.29, 1.82) is 0 Å². The molecule has 0 fully saturated rings. The van der Waals surface area contributed by atoms with Crippen molar-refractivity contribution in [2.45, 2.75) is 33.8 Å². The van der Waals surface area contributed by atoms with Crippen LogP contribution in [0.3, 0.4) is 0 Å². The van der Waals surface area contributed by atoms with E-state index < -0.39 is 6.10 Å². The molecule has 0 spiro atoms. The highest BCUT2D eigenvalue weighted by atomic mass is 16.5. The predicted molar refractivity (Wildman–Crippen MR) is 84.3 cm³/mol. The van der Waals surface area contributed by atoms with Gasteiger partial charge in [0.25, 0.3) is 0 Å². The summed E-state index contributed by atoms with van der Waals surface area (Å²) < 4.78 is 5.73. The zero-order valence-electron chi connectivity index (χ0n) is 13.1. The summed E-state index contributed by atoms with van der Waals surface area (Å²) in [7, 11) is 0. The van der Waals surface area contributed by atoms with Crippen LogP contribution in [0.4, 0.5) is 0 Å². The van der Waals surface area contributed by atoms with Crippen molar-refractivity contribution >= 4 is 0 Å². The molecule has 1 aromatic rings. The second kappa shape index (κ2) is 8.08. The van der Waals surface area contributed by atoms with Gasteiger partial charge in [-0.3, -0.25) is 4.90 Å². The number of ether oxygens (including phenoxy) is 1. The fourth-order valence-corrected chi connectivity index (χ4v) is 2.09. The summed E-state index contributed by atoms with van der Waals surface area (Å²) in [4.78, 5) is 2.17. The number of hydrogen-bond donors (Lipinski definition) is 1. The van der Waals surface area contributed by atoms with Gasteiger partial charge in [0.2, 0.25) is 0 Å². The maximum atomic E-state index is 10.1. The molecule has 0 radical (unpaired) electrons. The maximum absolute atomic E-state index is 10.1. The van der Waals surface area contributed by atoms with Gasteiger partial charge >= 0.3 is 0 Å². The Labute approximate surface area is 122 Å². The third kappa shape index (κ3) is 5.76. The molecule has 20 heavy (non-hydrogen) atoms. The lowest BCUT2D eigenvalue weighted by atomic mass is 10.1. The van der Waals surface area contributed by atoms with Gasteiger partial charge in [0.15, 0.2) is 0 Å². The smallest absolute Gasteiger partial charge is 0.122 e. The second-order valence-electron chi connectivity index (χ2n) is 5.52. The van der Waals surface area contributed by atoms with E-state index in [0.29, 0.717) is 13.2 Å². The van der Waals surface area contributed by atoms with E-state index in [1.54, 1.807) is 0 Å². The number of hydrogen-bond acceptors (Lipinski definition) is 3. The first kappa shape index (κ1) is 16.7. The van der Waals surface area contributed by atoms with Crippen molar-refractivity contribution < 1.29 is 9.84 Å². The zero-order valence-corrected chi connectivity index (χ0v) is 13.1. The highest BCUT2D eigenvalue weighted by Gasteiger charge is 2.12. The average Bonchev–Trinajstić information content (AvgIpc) is 2.38. The molecule has 0 bridgehead atoms. The van der Waals surface area contributed by atoms with Crippen LogP contribution in [0.15, 0.2) is 30.4 Å². The lowest BCUT2D eigenvalue weighted by Crippen LogP contribution is -2.36. The van der Waals surface area contributed by atoms with Gasteiger partial charge in [0, 0.05) is 13.1 Å². The molecule has 1 atom stereocenters. The van der Waals surface area contributed by atoms with Crippen LogP contribution in [0, 0.1) is 13.8 Å². The normalized spacial score (nSPS) is 12.5. The van der Waals surface area contributed by atoms with Crippen molar-refractivity contribution in [2.75, 3.05) is 26.2 Å². The molecule has 1 unspecified atom stereocenters. The third-order valence-corrected chi connectivity index (χ3v) is 3.18. The Bertz CT molecular complexity index is 443. The minimum absolute atomic E-state index is 0.316. The van der Waals surface area contributed by atoms with E-state index in [0.717, 1.165) is 35.5 Å². The summed E-state index contributed by atoms with van der Waals surface area (Å²) in [6.07, 6.45) is -0.491. The average molecular weight is 277 g/mol. The Morgan fingerprint density at radius 1 is 1.40 bits per heavy atom. The molecule has 1 N–H and O–H groups in total. The first-order valence-electron chi connectivity index (χ1n) is 7.17. The molecule has 1 rings (SSSR count). The lowest BCUT2D eigenvalue weighted by Gasteiger charge is -2.24. The van der Waals surface area contributed by atoms with Crippen LogP contribution in [-0.2, 0) is 0 Å². The van der Waals surface area contributed by atoms with Crippen LogP contribution in [0.5, 0.6) is 5.75 Å². The van der Waals surface area contributed by atoms with Crippen LogP contribution < -0.4 is 4.74 Å². The largest absolute Gasteiger partial charge is 0.491 e. The summed E-state index contributed by atoms with van der Waals surface area (Å²) in [5.74, 6) is 0.854. The van der Waals surface area contributed by atoms with E-state index in [1.807, 2.05) is 32.9 Å². The number of benzene rings is 1. The quantitative estimate of drug-likeness (QED) is 0.742. The monoisotopic (exact) mass is 277 g/mol. The zero-order chi connectivity index (χ0) is 15.1. The van der Waals surface area contributed by atoms with Gasteiger partial charge in [0.05, 0.1) is 0 Å². The first-order valence-corrected chi connectivity index (χ1v) is 7.17. The molecule has 0 heterocycles. The first-order chi connectivity index (χ1) is 9.42. The van der Waals surface area contributed by atoms with Crippen LogP contribution in [0.1, 0.15) is 25.0 Å². The van der Waals surface area contributed by atoms with E-state index in [-0.39, 0.29) is 0 Å². The summed E-state index contributed by atoms with van der Waals surface area (Å²) in [5.41, 5.74) is 3.36. The summed E-state index contributed by atoms with van der Waals surface area (Å²) in [5, 5.41) is 10.1. The Balaban J connectivity index is 2.48. The van der Waals surface area contributed by atoms with Crippen molar-refractivity contribution in [3.63, 3.8) is 0 Å². The van der Waals surface area contributed by atoms with Crippen LogP contribution >= 0.6 is 0 Å². The van der Waals surface area contributed by atoms with E-state index in [1.165, 1.54) is 0 Å². The summed E-state index contributed by atoms with van der Waals surface area (Å²) >= 11 is 0. The molecule has 0 aliphatic heterocycles. The van der Waals surface area contributed by atoms with E-state index in [9.17, 15) is 5.11 Å². The second-order valence-corrected chi connectivity index (χ2v) is 5.52. The highest BCUT2D eigenvalue weighted by Crippen LogP contribution is 2.19. The predicted octanol–water partition coefficient (Wildman–Crippen LogP) is 2.94. The molecule has 0 aliphatic rings. The third-order valence-electron chi connectivity index (χ3n) is 3.18. The number of aliphatic hydroxyl groups is 1. The Kier molecular flexibility index (Phi) is 6.76. The van der Waals surface area contributed by atoms with Crippen molar-refractivity contribution in [1.82, 2.24) is 4.90 Å². The SMILES string of the molecule is C=C(C)CN(CC)CC(O)COc1cc(C)ccc1C. The fourth-order valence-electron chi connectivity index (χ4n) is 2.09. The molecule has 1 aromatic carbocycles. The number of nitrogens with zero attached hydrogens (tertiary/aromatic N) is 1. The van der Waals surface area contributed by atoms with Crippen molar-refractivity contribution in [3.05, 3.63) is 41.5 Å². The molecular weight excluding hydrogens is 250 g/mol. The summed E-state index contributed by atoms with van der Waals surface area (Å²) in [6.45, 7) is 14.7. The molecule has 3 nitrogen and oxygen atoms in total.